The van der Waals surface area contributed by atoms with Crippen molar-refractivity contribution in [2.45, 2.75) is 20.5 Å². The van der Waals surface area contributed by atoms with Gasteiger partial charge >= 0.3 is 5.97 Å². The minimum absolute atomic E-state index is 0.182. The van der Waals surface area contributed by atoms with Gasteiger partial charge < -0.3 is 14.6 Å². The number of aryl methyl sites for hydroxylation is 1. The molecule has 0 saturated carbocycles. The zero-order valence-corrected chi connectivity index (χ0v) is 21.3. The van der Waals surface area contributed by atoms with Gasteiger partial charge in [0, 0.05) is 7.05 Å². The number of hydrogen-bond acceptors (Lipinski definition) is 6. The van der Waals surface area contributed by atoms with E-state index in [0.717, 1.165) is 11.1 Å². The van der Waals surface area contributed by atoms with E-state index in [1.54, 1.807) is 39.3 Å². The number of aromatic carboxylic acids is 1. The summed E-state index contributed by atoms with van der Waals surface area (Å²) in [5.41, 5.74) is 4.26. The van der Waals surface area contributed by atoms with Gasteiger partial charge in [0.1, 0.15) is 6.61 Å². The lowest BCUT2D eigenvalue weighted by molar-refractivity contribution is -0.121. The van der Waals surface area contributed by atoms with Crippen molar-refractivity contribution in [3.05, 3.63) is 93.4 Å². The molecule has 0 unspecified atom stereocenters. The lowest BCUT2D eigenvalue weighted by Gasteiger charge is -2.12. The predicted octanol–water partition coefficient (Wildman–Crippen LogP) is 5.82. The summed E-state index contributed by atoms with van der Waals surface area (Å²) < 4.78 is 11.5. The van der Waals surface area contributed by atoms with Crippen molar-refractivity contribution in [2.75, 3.05) is 14.2 Å². The maximum Gasteiger partial charge on any atom is 0.336 e. The number of amides is 1. The molecule has 3 aromatic rings. The van der Waals surface area contributed by atoms with Crippen LogP contribution in [0.5, 0.6) is 11.5 Å². The van der Waals surface area contributed by atoms with Gasteiger partial charge in [-0.05, 0) is 72.6 Å². The Hall–Kier alpha value is -4.04. The molecule has 7 nitrogen and oxygen atoms in total. The van der Waals surface area contributed by atoms with E-state index in [1.807, 2.05) is 49.4 Å². The van der Waals surface area contributed by atoms with E-state index < -0.39 is 5.97 Å². The van der Waals surface area contributed by atoms with E-state index in [4.69, 9.17) is 9.47 Å². The molecule has 1 saturated heterocycles. The lowest BCUT2D eigenvalue weighted by Crippen LogP contribution is -2.23. The first-order chi connectivity index (χ1) is 17.3. The summed E-state index contributed by atoms with van der Waals surface area (Å²) in [5.74, 6) is -0.0302. The molecule has 1 heterocycles. The monoisotopic (exact) mass is 502 g/mol. The third-order valence-corrected chi connectivity index (χ3v) is 6.82. The van der Waals surface area contributed by atoms with E-state index in [9.17, 15) is 14.7 Å². The van der Waals surface area contributed by atoms with Crippen molar-refractivity contribution < 1.29 is 24.2 Å². The molecule has 36 heavy (non-hydrogen) atoms. The second kappa shape index (κ2) is 10.7. The quantitative estimate of drug-likeness (QED) is 0.410. The second-order valence-electron chi connectivity index (χ2n) is 8.31. The van der Waals surface area contributed by atoms with E-state index >= 15 is 0 Å². The van der Waals surface area contributed by atoms with Gasteiger partial charge in [-0.3, -0.25) is 9.69 Å². The molecule has 0 aliphatic carbocycles. The summed E-state index contributed by atoms with van der Waals surface area (Å²) in [7, 11) is 3.22. The minimum Gasteiger partial charge on any atom is -0.493 e. The molecule has 0 bridgehead atoms. The van der Waals surface area contributed by atoms with Crippen LogP contribution in [0, 0.1) is 13.8 Å². The molecule has 0 atom stereocenters. The summed E-state index contributed by atoms with van der Waals surface area (Å²) in [6, 6.07) is 18.5. The summed E-state index contributed by atoms with van der Waals surface area (Å²) >= 11 is 1.23. The maximum atomic E-state index is 12.9. The van der Waals surface area contributed by atoms with Gasteiger partial charge in [-0.2, -0.15) is 0 Å². The number of aliphatic imine (C=N–C) groups is 1. The Kier molecular flexibility index (Phi) is 7.45. The van der Waals surface area contributed by atoms with E-state index in [2.05, 4.69) is 4.99 Å². The molecule has 1 aliphatic rings. The van der Waals surface area contributed by atoms with Crippen LogP contribution in [-0.2, 0) is 11.4 Å². The Balaban J connectivity index is 1.55. The molecular formula is C28H26N2O5S. The number of nitrogens with zero attached hydrogens (tertiary/aromatic N) is 2. The molecule has 184 valence electrons. The van der Waals surface area contributed by atoms with Gasteiger partial charge in [0.05, 0.1) is 23.3 Å². The molecule has 3 aromatic carbocycles. The standard InChI is InChI=1S/C28H26N2O5S/c1-17-8-10-19(11-9-17)16-35-23-13-12-20(14-24(23)34-4)15-25-26(31)30(3)28(36-25)29-22-7-5-6-21(18(22)2)27(32)33/h5-15H,16H2,1-4H3,(H,32,33)/b25-15-,29-28?. The Morgan fingerprint density at radius 2 is 1.83 bits per heavy atom. The highest BCUT2D eigenvalue weighted by molar-refractivity contribution is 8.18. The van der Waals surface area contributed by atoms with E-state index in [-0.39, 0.29) is 11.5 Å². The molecule has 8 heteroatoms. The maximum absolute atomic E-state index is 12.9. The van der Waals surface area contributed by atoms with Gasteiger partial charge in [-0.1, -0.05) is 42.0 Å². The fourth-order valence-electron chi connectivity index (χ4n) is 3.62. The van der Waals surface area contributed by atoms with Crippen molar-refractivity contribution in [2.24, 2.45) is 4.99 Å². The minimum atomic E-state index is -1.01. The number of ether oxygens (including phenoxy) is 2. The van der Waals surface area contributed by atoms with Crippen LogP contribution in [-0.4, -0.2) is 41.2 Å². The number of likely N-dealkylation sites (N-methyl/N-ethyl adjacent to an activating group) is 1. The van der Waals surface area contributed by atoms with Crippen molar-refractivity contribution >= 4 is 40.6 Å². The second-order valence-corrected chi connectivity index (χ2v) is 9.32. The van der Waals surface area contributed by atoms with Crippen molar-refractivity contribution in [1.82, 2.24) is 4.90 Å². The van der Waals surface area contributed by atoms with Crippen molar-refractivity contribution in [1.29, 1.82) is 0 Å². The number of amidine groups is 1. The van der Waals surface area contributed by atoms with Crippen LogP contribution in [0.1, 0.15) is 32.6 Å². The number of benzene rings is 3. The zero-order valence-electron chi connectivity index (χ0n) is 20.4. The van der Waals surface area contributed by atoms with Gasteiger partial charge in [0.2, 0.25) is 0 Å². The number of rotatable bonds is 7. The average molecular weight is 503 g/mol. The molecule has 1 amide bonds. The zero-order chi connectivity index (χ0) is 25.8. The SMILES string of the molecule is COc1cc(/C=C2\SC(=Nc3cccc(C(=O)O)c3C)N(C)C2=O)ccc1OCc1ccc(C)cc1. The van der Waals surface area contributed by atoms with Crippen LogP contribution in [0.4, 0.5) is 5.69 Å². The highest BCUT2D eigenvalue weighted by Crippen LogP contribution is 2.36. The summed E-state index contributed by atoms with van der Waals surface area (Å²) in [5, 5.41) is 9.84. The number of carbonyl (C=O) groups excluding carboxylic acids is 1. The molecule has 1 fully saturated rings. The van der Waals surface area contributed by atoms with Gasteiger partial charge in [-0.15, -0.1) is 0 Å². The van der Waals surface area contributed by atoms with Gasteiger partial charge in [-0.25, -0.2) is 9.79 Å². The lowest BCUT2D eigenvalue weighted by atomic mass is 10.1. The summed E-state index contributed by atoms with van der Waals surface area (Å²) in [6.07, 6.45) is 1.78. The van der Waals surface area contributed by atoms with Crippen LogP contribution in [0.25, 0.3) is 6.08 Å². The molecule has 1 aliphatic heterocycles. The first-order valence-corrected chi connectivity index (χ1v) is 12.0. The van der Waals surface area contributed by atoms with Gasteiger partial charge in [0.25, 0.3) is 5.91 Å². The van der Waals surface area contributed by atoms with Crippen LogP contribution < -0.4 is 9.47 Å². The third-order valence-electron chi connectivity index (χ3n) is 5.76. The fourth-order valence-corrected chi connectivity index (χ4v) is 4.60. The highest BCUT2D eigenvalue weighted by atomic mass is 32.2. The van der Waals surface area contributed by atoms with E-state index in [1.165, 1.54) is 28.3 Å². The molecular weight excluding hydrogens is 476 g/mol. The third kappa shape index (κ3) is 5.44. The van der Waals surface area contributed by atoms with Crippen LogP contribution in [0.3, 0.4) is 0 Å². The first-order valence-electron chi connectivity index (χ1n) is 11.2. The normalized spacial score (nSPS) is 15.6. The Bertz CT molecular complexity index is 1380. The largest absolute Gasteiger partial charge is 0.493 e. The van der Waals surface area contributed by atoms with Gasteiger partial charge in [0.15, 0.2) is 16.7 Å². The molecule has 0 aromatic heterocycles. The first kappa shape index (κ1) is 25.1. The van der Waals surface area contributed by atoms with Crippen LogP contribution >= 0.6 is 11.8 Å². The van der Waals surface area contributed by atoms with E-state index in [0.29, 0.717) is 39.4 Å². The molecule has 4 rings (SSSR count). The number of hydrogen-bond donors (Lipinski definition) is 1. The number of carbonyl (C=O) groups is 2. The molecule has 0 radical (unpaired) electrons. The number of carboxylic acid groups (broad SMARTS) is 1. The average Bonchev–Trinajstić information content (AvgIpc) is 3.12. The number of methoxy groups -OCH3 is 1. The van der Waals surface area contributed by atoms with Crippen molar-refractivity contribution in [3.63, 3.8) is 0 Å². The Morgan fingerprint density at radius 1 is 1.08 bits per heavy atom. The molecule has 0 spiro atoms. The predicted molar refractivity (Wildman–Crippen MR) is 142 cm³/mol. The van der Waals surface area contributed by atoms with Crippen molar-refractivity contribution in [3.8, 4) is 11.5 Å². The molecule has 1 N–H and O–H groups in total. The fraction of sp³-hybridized carbons (Fsp3) is 0.179. The topological polar surface area (TPSA) is 88.4 Å². The summed E-state index contributed by atoms with van der Waals surface area (Å²) in [6.45, 7) is 4.16. The number of thioether (sulfide) groups is 1. The van der Waals surface area contributed by atoms with Crippen LogP contribution in [0.15, 0.2) is 70.6 Å². The summed E-state index contributed by atoms with van der Waals surface area (Å²) in [4.78, 5) is 30.8. The Morgan fingerprint density at radius 3 is 2.53 bits per heavy atom. The Labute approximate surface area is 214 Å². The highest BCUT2D eigenvalue weighted by Gasteiger charge is 2.30. The smallest absolute Gasteiger partial charge is 0.336 e. The van der Waals surface area contributed by atoms with Crippen LogP contribution in [0.2, 0.25) is 0 Å². The number of carboxylic acids is 1.